The smallest absolute Gasteiger partial charge is 0.180 e. The summed E-state index contributed by atoms with van der Waals surface area (Å²) in [5, 5.41) is 7.85. The van der Waals surface area contributed by atoms with E-state index in [9.17, 15) is 4.79 Å². The van der Waals surface area contributed by atoms with E-state index in [0.29, 0.717) is 5.69 Å². The Balaban J connectivity index is 2.87. The third kappa shape index (κ3) is 2.28. The topological polar surface area (TPSA) is 46.1 Å². The molecule has 0 spiro atoms. The van der Waals surface area contributed by atoms with E-state index in [2.05, 4.69) is 28.9 Å². The van der Waals surface area contributed by atoms with Crippen molar-refractivity contribution in [3.8, 4) is 0 Å². The molecule has 1 heterocycles. The number of hydrogen-bond acceptors (Lipinski definition) is 4. The molecule has 0 amide bonds. The molecule has 4 nitrogen and oxygen atoms in total. The number of rotatable bonds is 4. The lowest BCUT2D eigenvalue weighted by molar-refractivity contribution is 0.101. The Morgan fingerprint density at radius 2 is 1.93 bits per heavy atom. The summed E-state index contributed by atoms with van der Waals surface area (Å²) >= 11 is 0. The van der Waals surface area contributed by atoms with Crippen molar-refractivity contribution in [3.63, 3.8) is 0 Å². The van der Waals surface area contributed by atoms with Gasteiger partial charge in [0.15, 0.2) is 11.6 Å². The standard InChI is InChI=1S/C10H15N3O/c1-4-13(5-2)10-7-6-9(8(3)14)11-12-10/h6-7H,4-5H2,1-3H3. The average Bonchev–Trinajstić information content (AvgIpc) is 2.20. The van der Waals surface area contributed by atoms with Crippen LogP contribution in [-0.2, 0) is 0 Å². The third-order valence-corrected chi connectivity index (χ3v) is 2.10. The molecule has 0 aromatic carbocycles. The van der Waals surface area contributed by atoms with Gasteiger partial charge in [-0.3, -0.25) is 4.79 Å². The highest BCUT2D eigenvalue weighted by molar-refractivity contribution is 5.91. The number of aromatic nitrogens is 2. The van der Waals surface area contributed by atoms with Crippen LogP contribution in [0.4, 0.5) is 5.82 Å². The lowest BCUT2D eigenvalue weighted by atomic mass is 10.3. The van der Waals surface area contributed by atoms with Gasteiger partial charge in [0.1, 0.15) is 5.69 Å². The third-order valence-electron chi connectivity index (χ3n) is 2.10. The number of carbonyl (C=O) groups excluding carboxylic acids is 1. The second-order valence-corrected chi connectivity index (χ2v) is 3.01. The van der Waals surface area contributed by atoms with Crippen molar-refractivity contribution in [1.82, 2.24) is 10.2 Å². The predicted molar refractivity (Wildman–Crippen MR) is 55.6 cm³/mol. The van der Waals surface area contributed by atoms with Gasteiger partial charge in [0.05, 0.1) is 0 Å². The predicted octanol–water partition coefficient (Wildman–Crippen LogP) is 1.53. The molecular weight excluding hydrogens is 178 g/mol. The Hall–Kier alpha value is -1.45. The van der Waals surface area contributed by atoms with Crippen molar-refractivity contribution in [3.05, 3.63) is 17.8 Å². The quantitative estimate of drug-likeness (QED) is 0.680. The van der Waals surface area contributed by atoms with E-state index in [1.165, 1.54) is 6.92 Å². The Morgan fingerprint density at radius 1 is 1.29 bits per heavy atom. The second-order valence-electron chi connectivity index (χ2n) is 3.01. The van der Waals surface area contributed by atoms with Crippen molar-refractivity contribution in [1.29, 1.82) is 0 Å². The minimum Gasteiger partial charge on any atom is -0.356 e. The first kappa shape index (κ1) is 10.6. The van der Waals surface area contributed by atoms with Crippen LogP contribution < -0.4 is 4.90 Å². The zero-order valence-corrected chi connectivity index (χ0v) is 8.82. The zero-order chi connectivity index (χ0) is 10.6. The fourth-order valence-corrected chi connectivity index (χ4v) is 1.23. The molecule has 0 aliphatic heterocycles. The number of nitrogens with zero attached hydrogens (tertiary/aromatic N) is 3. The molecule has 0 atom stereocenters. The molecule has 0 radical (unpaired) electrons. The molecule has 0 saturated heterocycles. The van der Waals surface area contributed by atoms with E-state index in [1.54, 1.807) is 6.07 Å². The Labute approximate surface area is 84.0 Å². The molecule has 76 valence electrons. The van der Waals surface area contributed by atoms with Crippen LogP contribution in [0.15, 0.2) is 12.1 Å². The Morgan fingerprint density at radius 3 is 2.29 bits per heavy atom. The van der Waals surface area contributed by atoms with Crippen molar-refractivity contribution in [2.75, 3.05) is 18.0 Å². The van der Waals surface area contributed by atoms with Gasteiger partial charge in [-0.15, -0.1) is 10.2 Å². The molecule has 0 aliphatic rings. The second kappa shape index (κ2) is 4.69. The van der Waals surface area contributed by atoms with Gasteiger partial charge < -0.3 is 4.90 Å². The lowest BCUT2D eigenvalue weighted by Gasteiger charge is -2.18. The van der Waals surface area contributed by atoms with E-state index in [4.69, 9.17) is 0 Å². The van der Waals surface area contributed by atoms with Gasteiger partial charge in [0.2, 0.25) is 0 Å². The summed E-state index contributed by atoms with van der Waals surface area (Å²) < 4.78 is 0. The summed E-state index contributed by atoms with van der Waals surface area (Å²) in [5.74, 6) is 0.767. The largest absolute Gasteiger partial charge is 0.356 e. The van der Waals surface area contributed by atoms with Crippen molar-refractivity contribution >= 4 is 11.6 Å². The summed E-state index contributed by atoms with van der Waals surface area (Å²) in [4.78, 5) is 13.0. The fraction of sp³-hybridized carbons (Fsp3) is 0.500. The lowest BCUT2D eigenvalue weighted by Crippen LogP contribution is -2.23. The van der Waals surface area contributed by atoms with Crippen LogP contribution in [0.5, 0.6) is 0 Å². The number of Topliss-reactive ketones (excluding diaryl/α,β-unsaturated/α-hetero) is 1. The number of hydrogen-bond donors (Lipinski definition) is 0. The molecule has 0 fully saturated rings. The SMILES string of the molecule is CCN(CC)c1ccc(C(C)=O)nn1. The van der Waals surface area contributed by atoms with Crippen LogP contribution in [0, 0.1) is 0 Å². The molecule has 1 aromatic rings. The van der Waals surface area contributed by atoms with Crippen LogP contribution in [-0.4, -0.2) is 29.1 Å². The van der Waals surface area contributed by atoms with Gasteiger partial charge in [-0.2, -0.15) is 0 Å². The van der Waals surface area contributed by atoms with E-state index < -0.39 is 0 Å². The van der Waals surface area contributed by atoms with E-state index >= 15 is 0 Å². The Bertz CT molecular complexity index is 304. The van der Waals surface area contributed by atoms with Gasteiger partial charge in [-0.1, -0.05) is 0 Å². The number of carbonyl (C=O) groups is 1. The molecule has 0 aliphatic carbocycles. The van der Waals surface area contributed by atoms with Crippen molar-refractivity contribution < 1.29 is 4.79 Å². The van der Waals surface area contributed by atoms with Gasteiger partial charge in [-0.25, -0.2) is 0 Å². The van der Waals surface area contributed by atoms with Gasteiger partial charge >= 0.3 is 0 Å². The monoisotopic (exact) mass is 193 g/mol. The average molecular weight is 193 g/mol. The summed E-state index contributed by atoms with van der Waals surface area (Å²) in [7, 11) is 0. The van der Waals surface area contributed by atoms with Crippen LogP contribution in [0.1, 0.15) is 31.3 Å². The van der Waals surface area contributed by atoms with Crippen molar-refractivity contribution in [2.45, 2.75) is 20.8 Å². The van der Waals surface area contributed by atoms with Crippen LogP contribution in [0.3, 0.4) is 0 Å². The molecule has 1 aromatic heterocycles. The highest BCUT2D eigenvalue weighted by atomic mass is 16.1. The first-order valence-corrected chi connectivity index (χ1v) is 4.78. The van der Waals surface area contributed by atoms with Gasteiger partial charge in [0, 0.05) is 20.0 Å². The molecule has 14 heavy (non-hydrogen) atoms. The molecule has 0 saturated carbocycles. The number of anilines is 1. The Kier molecular flexibility index (Phi) is 3.56. The van der Waals surface area contributed by atoms with E-state index in [0.717, 1.165) is 18.9 Å². The van der Waals surface area contributed by atoms with Gasteiger partial charge in [0.25, 0.3) is 0 Å². The molecule has 0 unspecified atom stereocenters. The normalized spacial score (nSPS) is 9.93. The maximum atomic E-state index is 10.9. The minimum absolute atomic E-state index is 0.0522. The summed E-state index contributed by atoms with van der Waals surface area (Å²) in [6.45, 7) is 7.39. The van der Waals surface area contributed by atoms with E-state index in [-0.39, 0.29) is 5.78 Å². The van der Waals surface area contributed by atoms with Crippen LogP contribution in [0.25, 0.3) is 0 Å². The van der Waals surface area contributed by atoms with Crippen LogP contribution in [0.2, 0.25) is 0 Å². The highest BCUT2D eigenvalue weighted by Gasteiger charge is 2.05. The highest BCUT2D eigenvalue weighted by Crippen LogP contribution is 2.08. The van der Waals surface area contributed by atoms with Crippen molar-refractivity contribution in [2.24, 2.45) is 0 Å². The minimum atomic E-state index is -0.0522. The maximum absolute atomic E-state index is 10.9. The first-order valence-electron chi connectivity index (χ1n) is 4.78. The first-order chi connectivity index (χ1) is 6.69. The molecule has 0 bridgehead atoms. The zero-order valence-electron chi connectivity index (χ0n) is 8.82. The molecule has 1 rings (SSSR count). The fourth-order valence-electron chi connectivity index (χ4n) is 1.23. The molecular formula is C10H15N3O. The summed E-state index contributed by atoms with van der Waals surface area (Å²) in [5.41, 5.74) is 0.418. The molecule has 4 heteroatoms. The van der Waals surface area contributed by atoms with E-state index in [1.807, 2.05) is 6.07 Å². The molecule has 0 N–H and O–H groups in total. The maximum Gasteiger partial charge on any atom is 0.180 e. The summed E-state index contributed by atoms with van der Waals surface area (Å²) in [6, 6.07) is 3.54. The van der Waals surface area contributed by atoms with Gasteiger partial charge in [-0.05, 0) is 26.0 Å². The van der Waals surface area contributed by atoms with Crippen LogP contribution >= 0.6 is 0 Å². The number of ketones is 1. The summed E-state index contributed by atoms with van der Waals surface area (Å²) in [6.07, 6.45) is 0.